The van der Waals surface area contributed by atoms with Crippen molar-refractivity contribution in [2.75, 3.05) is 25.9 Å². The number of rotatable bonds is 2. The van der Waals surface area contributed by atoms with Crippen molar-refractivity contribution in [2.24, 2.45) is 0 Å². The number of imide groups is 1. The molecule has 0 aromatic carbocycles. The molecule has 1 spiro atoms. The minimum Gasteiger partial charge on any atom is -0.323 e. The molecule has 2 fully saturated rings. The van der Waals surface area contributed by atoms with Gasteiger partial charge in [-0.3, -0.25) is 9.69 Å². The molecule has 8 heteroatoms. The molecule has 0 aliphatic carbocycles. The highest BCUT2D eigenvalue weighted by Crippen LogP contribution is 2.29. The number of piperidine rings is 1. The van der Waals surface area contributed by atoms with Crippen molar-refractivity contribution in [3.63, 3.8) is 0 Å². The standard InChI is InChI=1S/C10H17N3O4S/c1-3-18(16,17)13-6-4-10(5-7-13)8(14)12(2)9(15)11-10/h3-7H2,1-2H3,(H,11,15). The smallest absolute Gasteiger partial charge is 0.323 e. The number of nitrogens with one attached hydrogen (secondary N) is 1. The highest BCUT2D eigenvalue weighted by Gasteiger charge is 2.51. The van der Waals surface area contributed by atoms with Crippen molar-refractivity contribution in [3.05, 3.63) is 0 Å². The van der Waals surface area contributed by atoms with Gasteiger partial charge in [0.25, 0.3) is 5.91 Å². The maximum Gasteiger partial charge on any atom is 0.324 e. The maximum absolute atomic E-state index is 12.0. The van der Waals surface area contributed by atoms with Crippen LogP contribution in [0.4, 0.5) is 4.79 Å². The Labute approximate surface area is 106 Å². The molecule has 2 rings (SSSR count). The van der Waals surface area contributed by atoms with E-state index < -0.39 is 21.6 Å². The number of hydrogen-bond donors (Lipinski definition) is 1. The maximum atomic E-state index is 12.0. The van der Waals surface area contributed by atoms with Crippen LogP contribution in [0.3, 0.4) is 0 Å². The molecule has 0 bridgehead atoms. The Morgan fingerprint density at radius 3 is 2.22 bits per heavy atom. The number of carbonyl (C=O) groups is 2. The van der Waals surface area contributed by atoms with E-state index in [1.807, 2.05) is 0 Å². The molecular weight excluding hydrogens is 258 g/mol. The fourth-order valence-electron chi connectivity index (χ4n) is 2.42. The largest absolute Gasteiger partial charge is 0.324 e. The number of urea groups is 1. The highest BCUT2D eigenvalue weighted by atomic mass is 32.2. The van der Waals surface area contributed by atoms with E-state index in [9.17, 15) is 18.0 Å². The average molecular weight is 275 g/mol. The van der Waals surface area contributed by atoms with Crippen LogP contribution in [-0.2, 0) is 14.8 Å². The van der Waals surface area contributed by atoms with Gasteiger partial charge in [0.15, 0.2) is 0 Å². The van der Waals surface area contributed by atoms with Crippen LogP contribution in [0.25, 0.3) is 0 Å². The zero-order valence-corrected chi connectivity index (χ0v) is 11.3. The lowest BCUT2D eigenvalue weighted by Gasteiger charge is -2.36. The minimum absolute atomic E-state index is 0.0558. The Morgan fingerprint density at radius 2 is 1.83 bits per heavy atom. The first-order chi connectivity index (χ1) is 8.32. The molecule has 0 aromatic rings. The van der Waals surface area contributed by atoms with Gasteiger partial charge in [0.05, 0.1) is 5.75 Å². The van der Waals surface area contributed by atoms with Gasteiger partial charge in [0, 0.05) is 20.1 Å². The second-order valence-corrected chi connectivity index (χ2v) is 6.93. The van der Waals surface area contributed by atoms with Crippen LogP contribution in [0.1, 0.15) is 19.8 Å². The molecule has 0 atom stereocenters. The molecule has 2 saturated heterocycles. The SMILES string of the molecule is CCS(=O)(=O)N1CCC2(CC1)NC(=O)N(C)C2=O. The molecule has 0 unspecified atom stereocenters. The predicted molar refractivity (Wildman–Crippen MR) is 64.3 cm³/mol. The predicted octanol–water partition coefficient (Wildman–Crippen LogP) is -0.648. The Kier molecular flexibility index (Phi) is 3.10. The lowest BCUT2D eigenvalue weighted by atomic mass is 9.88. The molecule has 0 aromatic heterocycles. The molecule has 2 aliphatic rings. The third-order valence-electron chi connectivity index (χ3n) is 3.70. The summed E-state index contributed by atoms with van der Waals surface area (Å²) in [6, 6.07) is -0.410. The number of carbonyl (C=O) groups excluding carboxylic acids is 2. The first kappa shape index (κ1) is 13.3. The number of amides is 3. The van der Waals surface area contributed by atoms with Gasteiger partial charge in [0.1, 0.15) is 5.54 Å². The zero-order chi connectivity index (χ0) is 13.6. The average Bonchev–Trinajstić information content (AvgIpc) is 2.55. The molecule has 3 amide bonds. The van der Waals surface area contributed by atoms with Crippen LogP contribution in [-0.4, -0.2) is 61.0 Å². The first-order valence-electron chi connectivity index (χ1n) is 5.90. The fraction of sp³-hybridized carbons (Fsp3) is 0.800. The number of nitrogens with zero attached hydrogens (tertiary/aromatic N) is 2. The van der Waals surface area contributed by atoms with E-state index in [0.717, 1.165) is 4.90 Å². The van der Waals surface area contributed by atoms with E-state index in [0.29, 0.717) is 12.8 Å². The fourth-order valence-corrected chi connectivity index (χ4v) is 3.53. The first-order valence-corrected chi connectivity index (χ1v) is 7.51. The monoisotopic (exact) mass is 275 g/mol. The summed E-state index contributed by atoms with van der Waals surface area (Å²) in [4.78, 5) is 24.5. The lowest BCUT2D eigenvalue weighted by Crippen LogP contribution is -2.55. The van der Waals surface area contributed by atoms with Gasteiger partial charge < -0.3 is 5.32 Å². The molecule has 2 aliphatic heterocycles. The van der Waals surface area contributed by atoms with Crippen LogP contribution in [0.15, 0.2) is 0 Å². The summed E-state index contributed by atoms with van der Waals surface area (Å²) in [5, 5.41) is 2.67. The molecule has 2 heterocycles. The summed E-state index contributed by atoms with van der Waals surface area (Å²) in [6.07, 6.45) is 0.669. The van der Waals surface area contributed by atoms with E-state index in [-0.39, 0.29) is 24.7 Å². The van der Waals surface area contributed by atoms with Crippen molar-refractivity contribution in [3.8, 4) is 0 Å². The number of hydrogen-bond acceptors (Lipinski definition) is 4. The van der Waals surface area contributed by atoms with Gasteiger partial charge in [-0.25, -0.2) is 17.5 Å². The Bertz CT molecular complexity index is 479. The van der Waals surface area contributed by atoms with E-state index in [1.54, 1.807) is 6.92 Å². The topological polar surface area (TPSA) is 86.8 Å². The van der Waals surface area contributed by atoms with Crippen molar-refractivity contribution in [2.45, 2.75) is 25.3 Å². The van der Waals surface area contributed by atoms with Crippen LogP contribution < -0.4 is 5.32 Å². The van der Waals surface area contributed by atoms with E-state index in [1.165, 1.54) is 11.4 Å². The van der Waals surface area contributed by atoms with Gasteiger partial charge in [0.2, 0.25) is 10.0 Å². The summed E-state index contributed by atoms with van der Waals surface area (Å²) in [6.45, 7) is 2.14. The second kappa shape index (κ2) is 4.20. The van der Waals surface area contributed by atoms with Crippen LogP contribution in [0.5, 0.6) is 0 Å². The molecule has 102 valence electrons. The van der Waals surface area contributed by atoms with Crippen molar-refractivity contribution in [1.82, 2.24) is 14.5 Å². The Hall–Kier alpha value is -1.15. The quantitative estimate of drug-likeness (QED) is 0.679. The van der Waals surface area contributed by atoms with Crippen LogP contribution in [0.2, 0.25) is 0 Å². The van der Waals surface area contributed by atoms with Gasteiger partial charge >= 0.3 is 6.03 Å². The van der Waals surface area contributed by atoms with E-state index in [2.05, 4.69) is 5.32 Å². The minimum atomic E-state index is -3.22. The lowest BCUT2D eigenvalue weighted by molar-refractivity contribution is -0.131. The van der Waals surface area contributed by atoms with Gasteiger partial charge in [-0.15, -0.1) is 0 Å². The van der Waals surface area contributed by atoms with Crippen LogP contribution >= 0.6 is 0 Å². The van der Waals surface area contributed by atoms with Crippen LogP contribution in [0, 0.1) is 0 Å². The number of sulfonamides is 1. The summed E-state index contributed by atoms with van der Waals surface area (Å²) >= 11 is 0. The van der Waals surface area contributed by atoms with Crippen molar-refractivity contribution < 1.29 is 18.0 Å². The Morgan fingerprint density at radius 1 is 1.28 bits per heavy atom. The van der Waals surface area contributed by atoms with E-state index >= 15 is 0 Å². The molecular formula is C10H17N3O4S. The number of likely N-dealkylation sites (N-methyl/N-ethyl adjacent to an activating group) is 1. The summed E-state index contributed by atoms with van der Waals surface area (Å²) in [7, 11) is -1.78. The Balaban J connectivity index is 2.12. The third-order valence-corrected chi connectivity index (χ3v) is 5.58. The summed E-state index contributed by atoms with van der Waals surface area (Å²) in [5.74, 6) is -0.207. The van der Waals surface area contributed by atoms with Gasteiger partial charge in [-0.1, -0.05) is 0 Å². The van der Waals surface area contributed by atoms with E-state index in [4.69, 9.17) is 0 Å². The molecule has 1 N–H and O–H groups in total. The highest BCUT2D eigenvalue weighted by molar-refractivity contribution is 7.89. The van der Waals surface area contributed by atoms with Crippen molar-refractivity contribution >= 4 is 22.0 Å². The summed E-state index contributed by atoms with van der Waals surface area (Å²) < 4.78 is 24.8. The molecule has 7 nitrogen and oxygen atoms in total. The molecule has 18 heavy (non-hydrogen) atoms. The van der Waals surface area contributed by atoms with Crippen molar-refractivity contribution in [1.29, 1.82) is 0 Å². The molecule has 0 radical (unpaired) electrons. The summed E-state index contributed by atoms with van der Waals surface area (Å²) in [5.41, 5.74) is -0.897. The van der Waals surface area contributed by atoms with Gasteiger partial charge in [-0.05, 0) is 19.8 Å². The third kappa shape index (κ3) is 1.89. The van der Waals surface area contributed by atoms with Gasteiger partial charge in [-0.2, -0.15) is 0 Å². The normalized spacial score (nSPS) is 24.7. The molecule has 0 saturated carbocycles. The second-order valence-electron chi connectivity index (χ2n) is 4.68. The zero-order valence-electron chi connectivity index (χ0n) is 10.5.